The summed E-state index contributed by atoms with van der Waals surface area (Å²) in [6, 6.07) is 6.94. The van der Waals surface area contributed by atoms with E-state index in [9.17, 15) is 9.90 Å². The molecule has 0 aliphatic carbocycles. The van der Waals surface area contributed by atoms with Crippen LogP contribution in [-0.2, 0) is 9.53 Å². The lowest BCUT2D eigenvalue weighted by atomic mass is 9.99. The van der Waals surface area contributed by atoms with E-state index >= 15 is 0 Å². The van der Waals surface area contributed by atoms with Crippen LogP contribution in [0.4, 0.5) is 0 Å². The number of fused-ring (bicyclic) bond motifs is 3. The zero-order chi connectivity index (χ0) is 22.3. The average molecular weight is 459 g/mol. The van der Waals surface area contributed by atoms with Gasteiger partial charge in [-0.2, -0.15) is 0 Å². The van der Waals surface area contributed by atoms with Gasteiger partial charge in [0.2, 0.25) is 0 Å². The Balaban J connectivity index is 1.87. The van der Waals surface area contributed by atoms with Gasteiger partial charge in [-0.15, -0.1) is 21.5 Å². The molecule has 0 fully saturated rings. The molecule has 2 aromatic heterocycles. The van der Waals surface area contributed by atoms with E-state index in [1.165, 1.54) is 4.88 Å². The van der Waals surface area contributed by atoms with Crippen LogP contribution >= 0.6 is 22.9 Å². The van der Waals surface area contributed by atoms with Crippen molar-refractivity contribution >= 4 is 34.6 Å². The smallest absolute Gasteiger partial charge is 0.308 e. The molecule has 0 bridgehead atoms. The Bertz CT molecular complexity index is 1160. The van der Waals surface area contributed by atoms with Crippen LogP contribution in [-0.4, -0.2) is 44.3 Å². The summed E-state index contributed by atoms with van der Waals surface area (Å²) in [6.07, 6.45) is -0.732. The number of ether oxygens (including phenoxy) is 1. The summed E-state index contributed by atoms with van der Waals surface area (Å²) in [5, 5.41) is 19.7. The number of aliphatic hydroxyl groups excluding tert-OH is 1. The van der Waals surface area contributed by atoms with Crippen molar-refractivity contribution in [1.29, 1.82) is 0 Å². The molecule has 0 radical (unpaired) electrons. The number of hydrogen-bond donors (Lipinski definition) is 1. The molecule has 0 saturated heterocycles. The maximum absolute atomic E-state index is 12.5. The van der Waals surface area contributed by atoms with Crippen molar-refractivity contribution in [2.24, 2.45) is 4.99 Å². The number of esters is 1. The zero-order valence-electron chi connectivity index (χ0n) is 17.7. The second-order valence-electron chi connectivity index (χ2n) is 7.64. The van der Waals surface area contributed by atoms with Gasteiger partial charge in [-0.3, -0.25) is 14.4 Å². The maximum atomic E-state index is 12.5. The van der Waals surface area contributed by atoms with Gasteiger partial charge >= 0.3 is 5.97 Å². The minimum atomic E-state index is -0.727. The van der Waals surface area contributed by atoms with E-state index in [1.54, 1.807) is 18.3 Å². The number of benzene rings is 1. The summed E-state index contributed by atoms with van der Waals surface area (Å²) in [5.41, 5.74) is 3.83. The number of rotatable bonds is 5. The minimum Gasteiger partial charge on any atom is -0.463 e. The van der Waals surface area contributed by atoms with E-state index in [4.69, 9.17) is 21.3 Å². The minimum absolute atomic E-state index is 0.00505. The molecule has 1 aromatic carbocycles. The number of aryl methyl sites for hydroxylation is 2. The van der Waals surface area contributed by atoms with E-state index < -0.39 is 18.1 Å². The number of aliphatic imine (C=N–C) groups is 1. The molecule has 3 heterocycles. The largest absolute Gasteiger partial charge is 0.463 e. The molecule has 31 heavy (non-hydrogen) atoms. The van der Waals surface area contributed by atoms with Gasteiger partial charge < -0.3 is 9.84 Å². The molecule has 0 saturated carbocycles. The second-order valence-corrected chi connectivity index (χ2v) is 9.28. The number of aromatic nitrogens is 3. The van der Waals surface area contributed by atoms with E-state index in [0.717, 1.165) is 33.2 Å². The summed E-state index contributed by atoms with van der Waals surface area (Å²) in [6.45, 7) is 7.56. The van der Waals surface area contributed by atoms with Crippen molar-refractivity contribution < 1.29 is 14.6 Å². The highest BCUT2D eigenvalue weighted by molar-refractivity contribution is 7.15. The highest BCUT2D eigenvalue weighted by Gasteiger charge is 2.32. The van der Waals surface area contributed by atoms with Crippen LogP contribution in [0.15, 0.2) is 29.3 Å². The van der Waals surface area contributed by atoms with Crippen molar-refractivity contribution in [2.75, 3.05) is 6.61 Å². The number of nitrogens with zero attached hydrogens (tertiary/aromatic N) is 4. The van der Waals surface area contributed by atoms with Gasteiger partial charge in [0.15, 0.2) is 5.82 Å². The van der Waals surface area contributed by atoms with Crippen LogP contribution < -0.4 is 0 Å². The Hall–Kier alpha value is -2.55. The summed E-state index contributed by atoms with van der Waals surface area (Å²) >= 11 is 7.77. The van der Waals surface area contributed by atoms with E-state index in [-0.39, 0.29) is 13.0 Å². The van der Waals surface area contributed by atoms with Crippen molar-refractivity contribution in [1.82, 2.24) is 14.8 Å². The predicted octanol–water partition coefficient (Wildman–Crippen LogP) is 4.11. The van der Waals surface area contributed by atoms with Gasteiger partial charge in [-0.1, -0.05) is 23.7 Å². The van der Waals surface area contributed by atoms with Crippen molar-refractivity contribution in [3.8, 4) is 5.00 Å². The first-order valence-corrected chi connectivity index (χ1v) is 11.2. The Morgan fingerprint density at radius 2 is 1.97 bits per heavy atom. The molecule has 1 N–H and O–H groups in total. The van der Waals surface area contributed by atoms with Gasteiger partial charge in [0, 0.05) is 21.0 Å². The molecule has 1 aliphatic heterocycles. The first kappa shape index (κ1) is 21.7. The lowest BCUT2D eigenvalue weighted by Gasteiger charge is -2.13. The molecule has 1 aliphatic rings. The lowest BCUT2D eigenvalue weighted by molar-refractivity contribution is -0.146. The first-order chi connectivity index (χ1) is 14.8. The van der Waals surface area contributed by atoms with E-state index in [0.29, 0.717) is 10.8 Å². The van der Waals surface area contributed by atoms with Gasteiger partial charge in [0.1, 0.15) is 23.5 Å². The third-order valence-electron chi connectivity index (χ3n) is 5.20. The molecular weight excluding hydrogens is 436 g/mol. The molecule has 162 valence electrons. The third kappa shape index (κ3) is 4.15. The van der Waals surface area contributed by atoms with Gasteiger partial charge in [-0.05, 0) is 45.4 Å². The Morgan fingerprint density at radius 1 is 1.26 bits per heavy atom. The molecule has 4 rings (SSSR count). The Morgan fingerprint density at radius 3 is 2.65 bits per heavy atom. The molecule has 3 aromatic rings. The average Bonchev–Trinajstić information content (AvgIpc) is 3.19. The standard InChI is InChI=1S/C22H23ClN4O3S/c1-11(28)10-30-18(29)9-17-21-26-25-14(4)27(21)22-19(12(2)13(3)31-22)20(24-17)15-5-7-16(23)8-6-15/h5-8,11,17,28H,9-10H2,1-4H3. The van der Waals surface area contributed by atoms with Crippen LogP contribution in [0.1, 0.15) is 52.6 Å². The fourth-order valence-corrected chi connectivity index (χ4v) is 4.90. The molecular formula is C22H23ClN4O3S. The number of carbonyl (C=O) groups excluding carboxylic acids is 1. The molecule has 0 spiro atoms. The quantitative estimate of drug-likeness (QED) is 0.581. The number of aliphatic hydroxyl groups is 1. The number of carbonyl (C=O) groups is 1. The molecule has 9 heteroatoms. The highest BCUT2D eigenvalue weighted by Crippen LogP contribution is 2.39. The van der Waals surface area contributed by atoms with E-state index in [1.807, 2.05) is 35.8 Å². The monoisotopic (exact) mass is 458 g/mol. The van der Waals surface area contributed by atoms with Crippen LogP contribution in [0.25, 0.3) is 5.00 Å². The SMILES string of the molecule is Cc1sc2c(c1C)C(c1ccc(Cl)cc1)=NC(CC(=O)OCC(C)O)c1nnc(C)n1-2. The van der Waals surface area contributed by atoms with Crippen LogP contribution in [0.2, 0.25) is 5.02 Å². The fourth-order valence-electron chi connectivity index (χ4n) is 3.56. The second kappa shape index (κ2) is 8.53. The summed E-state index contributed by atoms with van der Waals surface area (Å²) < 4.78 is 7.18. The number of thiophene rings is 1. The maximum Gasteiger partial charge on any atom is 0.308 e. The normalized spacial score (nSPS) is 16.2. The summed E-state index contributed by atoms with van der Waals surface area (Å²) in [4.78, 5) is 18.7. The van der Waals surface area contributed by atoms with Crippen molar-refractivity contribution in [2.45, 2.75) is 46.3 Å². The molecule has 2 unspecified atom stereocenters. The Labute approximate surface area is 189 Å². The summed E-state index contributed by atoms with van der Waals surface area (Å²) in [5.74, 6) is 0.876. The zero-order valence-corrected chi connectivity index (χ0v) is 19.3. The van der Waals surface area contributed by atoms with Crippen LogP contribution in [0.5, 0.6) is 0 Å². The van der Waals surface area contributed by atoms with Gasteiger partial charge in [-0.25, -0.2) is 0 Å². The van der Waals surface area contributed by atoms with Gasteiger partial charge in [0.25, 0.3) is 0 Å². The predicted molar refractivity (Wildman–Crippen MR) is 121 cm³/mol. The summed E-state index contributed by atoms with van der Waals surface area (Å²) in [7, 11) is 0. The topological polar surface area (TPSA) is 89.6 Å². The fraction of sp³-hybridized carbons (Fsp3) is 0.364. The van der Waals surface area contributed by atoms with Gasteiger partial charge in [0.05, 0.1) is 18.2 Å². The highest BCUT2D eigenvalue weighted by atomic mass is 35.5. The lowest BCUT2D eigenvalue weighted by Crippen LogP contribution is -2.18. The Kier molecular flexibility index (Phi) is 5.96. The van der Waals surface area contributed by atoms with Crippen LogP contribution in [0, 0.1) is 20.8 Å². The van der Waals surface area contributed by atoms with Crippen molar-refractivity contribution in [3.63, 3.8) is 0 Å². The number of halogens is 1. The van der Waals surface area contributed by atoms with E-state index in [2.05, 4.69) is 24.0 Å². The van der Waals surface area contributed by atoms with Crippen molar-refractivity contribution in [3.05, 3.63) is 62.5 Å². The van der Waals surface area contributed by atoms with Crippen LogP contribution in [0.3, 0.4) is 0 Å². The third-order valence-corrected chi connectivity index (χ3v) is 6.65. The molecule has 0 amide bonds. The number of hydrogen-bond acceptors (Lipinski definition) is 7. The molecule has 2 atom stereocenters. The molecule has 7 nitrogen and oxygen atoms in total. The first-order valence-electron chi connectivity index (χ1n) is 9.96.